The molecule has 1 aromatic rings. The monoisotopic (exact) mass is 273 g/mol. The maximum atomic E-state index is 6.19. The Balaban J connectivity index is 1.72. The van der Waals surface area contributed by atoms with E-state index in [4.69, 9.17) is 4.74 Å². The highest BCUT2D eigenvalue weighted by Gasteiger charge is 2.23. The second-order valence-electron chi connectivity index (χ2n) is 6.29. The Kier molecular flexibility index (Phi) is 4.62. The Morgan fingerprint density at radius 1 is 1.15 bits per heavy atom. The zero-order chi connectivity index (χ0) is 13.8. The van der Waals surface area contributed by atoms with Gasteiger partial charge in [-0.05, 0) is 61.8 Å². The zero-order valence-corrected chi connectivity index (χ0v) is 12.7. The summed E-state index contributed by atoms with van der Waals surface area (Å²) in [5.74, 6) is 1.94. The molecule has 1 unspecified atom stereocenters. The van der Waals surface area contributed by atoms with Gasteiger partial charge in [0.1, 0.15) is 5.75 Å². The van der Waals surface area contributed by atoms with Gasteiger partial charge in [-0.25, -0.2) is 0 Å². The zero-order valence-electron chi connectivity index (χ0n) is 12.7. The van der Waals surface area contributed by atoms with Gasteiger partial charge in [0.05, 0.1) is 6.61 Å². The van der Waals surface area contributed by atoms with E-state index in [9.17, 15) is 0 Å². The van der Waals surface area contributed by atoms with Gasteiger partial charge in [-0.3, -0.25) is 0 Å². The smallest absolute Gasteiger partial charge is 0.122 e. The second kappa shape index (κ2) is 6.62. The summed E-state index contributed by atoms with van der Waals surface area (Å²) in [7, 11) is 0. The predicted octanol–water partition coefficient (Wildman–Crippen LogP) is 4.24. The summed E-state index contributed by atoms with van der Waals surface area (Å²) in [5.41, 5.74) is 2.93. The minimum absolute atomic E-state index is 0.527. The molecule has 0 spiro atoms. The standard InChI is InChI=1S/C18H27NO/c1-2-19-17-11-5-10-16-15(17)9-6-12-18(16)20-13-14-7-3-4-8-14/h6,9,12,14,17,19H,2-5,7-8,10-11,13H2,1H3. The molecule has 0 amide bonds. The lowest BCUT2D eigenvalue weighted by Crippen LogP contribution is -2.25. The first-order valence-corrected chi connectivity index (χ1v) is 8.36. The molecular weight excluding hydrogens is 246 g/mol. The molecule has 110 valence electrons. The Labute approximate surface area is 122 Å². The maximum Gasteiger partial charge on any atom is 0.122 e. The van der Waals surface area contributed by atoms with E-state index >= 15 is 0 Å². The molecule has 0 saturated heterocycles. The number of benzene rings is 1. The van der Waals surface area contributed by atoms with Crippen molar-refractivity contribution >= 4 is 0 Å². The van der Waals surface area contributed by atoms with Crippen molar-refractivity contribution in [2.75, 3.05) is 13.2 Å². The number of nitrogens with one attached hydrogen (secondary N) is 1. The van der Waals surface area contributed by atoms with Crippen molar-refractivity contribution in [2.24, 2.45) is 5.92 Å². The van der Waals surface area contributed by atoms with Gasteiger partial charge in [-0.1, -0.05) is 31.9 Å². The number of hydrogen-bond acceptors (Lipinski definition) is 2. The van der Waals surface area contributed by atoms with Crippen LogP contribution in [-0.4, -0.2) is 13.2 Å². The molecule has 0 aliphatic heterocycles. The van der Waals surface area contributed by atoms with Crippen LogP contribution in [0, 0.1) is 5.92 Å². The Morgan fingerprint density at radius 3 is 2.80 bits per heavy atom. The summed E-state index contributed by atoms with van der Waals surface area (Å²) in [6.45, 7) is 4.15. The molecule has 1 fully saturated rings. The van der Waals surface area contributed by atoms with Crippen LogP contribution < -0.4 is 10.1 Å². The Morgan fingerprint density at radius 2 is 2.00 bits per heavy atom. The normalized spacial score (nSPS) is 22.8. The van der Waals surface area contributed by atoms with Crippen LogP contribution in [0.1, 0.15) is 62.6 Å². The molecule has 2 heteroatoms. The summed E-state index contributed by atoms with van der Waals surface area (Å²) >= 11 is 0. The van der Waals surface area contributed by atoms with Crippen LogP contribution in [0.15, 0.2) is 18.2 Å². The molecule has 1 aromatic carbocycles. The van der Waals surface area contributed by atoms with Crippen molar-refractivity contribution in [3.63, 3.8) is 0 Å². The van der Waals surface area contributed by atoms with Gasteiger partial charge in [0.15, 0.2) is 0 Å². The van der Waals surface area contributed by atoms with Crippen LogP contribution in [0.4, 0.5) is 0 Å². The summed E-state index contributed by atoms with van der Waals surface area (Å²) < 4.78 is 6.19. The van der Waals surface area contributed by atoms with Crippen molar-refractivity contribution < 1.29 is 4.74 Å². The Bertz CT molecular complexity index is 437. The van der Waals surface area contributed by atoms with Crippen molar-refractivity contribution in [1.82, 2.24) is 5.32 Å². The first-order chi connectivity index (χ1) is 9.88. The first-order valence-electron chi connectivity index (χ1n) is 8.36. The minimum Gasteiger partial charge on any atom is -0.493 e. The van der Waals surface area contributed by atoms with Crippen LogP contribution in [0.25, 0.3) is 0 Å². The molecule has 1 saturated carbocycles. The molecule has 2 aliphatic rings. The van der Waals surface area contributed by atoms with Crippen LogP contribution in [0.2, 0.25) is 0 Å². The van der Waals surface area contributed by atoms with E-state index in [1.54, 1.807) is 0 Å². The molecule has 0 bridgehead atoms. The predicted molar refractivity (Wildman–Crippen MR) is 83.3 cm³/mol. The SMILES string of the molecule is CCNC1CCCc2c(OCC3CCCC3)cccc21. The first kappa shape index (κ1) is 13.9. The largest absolute Gasteiger partial charge is 0.493 e. The number of fused-ring (bicyclic) bond motifs is 1. The quantitative estimate of drug-likeness (QED) is 0.866. The summed E-state index contributed by atoms with van der Waals surface area (Å²) in [4.78, 5) is 0. The van der Waals surface area contributed by atoms with Crippen LogP contribution in [-0.2, 0) is 6.42 Å². The molecule has 0 heterocycles. The average molecular weight is 273 g/mol. The van der Waals surface area contributed by atoms with Gasteiger partial charge in [0.2, 0.25) is 0 Å². The highest BCUT2D eigenvalue weighted by Crippen LogP contribution is 2.36. The van der Waals surface area contributed by atoms with E-state index in [1.807, 2.05) is 0 Å². The summed E-state index contributed by atoms with van der Waals surface area (Å²) in [6.07, 6.45) is 9.20. The van der Waals surface area contributed by atoms with Crippen LogP contribution in [0.3, 0.4) is 0 Å². The van der Waals surface area contributed by atoms with Crippen LogP contribution >= 0.6 is 0 Å². The number of ether oxygens (including phenoxy) is 1. The maximum absolute atomic E-state index is 6.19. The van der Waals surface area contributed by atoms with Crippen molar-refractivity contribution in [3.8, 4) is 5.75 Å². The van der Waals surface area contributed by atoms with E-state index < -0.39 is 0 Å². The van der Waals surface area contributed by atoms with Gasteiger partial charge in [0.25, 0.3) is 0 Å². The average Bonchev–Trinajstić information content (AvgIpc) is 2.99. The van der Waals surface area contributed by atoms with Crippen molar-refractivity contribution in [3.05, 3.63) is 29.3 Å². The summed E-state index contributed by atoms with van der Waals surface area (Å²) in [5, 5.41) is 3.61. The molecule has 0 radical (unpaired) electrons. The lowest BCUT2D eigenvalue weighted by atomic mass is 9.87. The summed E-state index contributed by atoms with van der Waals surface area (Å²) in [6, 6.07) is 7.14. The molecule has 2 nitrogen and oxygen atoms in total. The fourth-order valence-electron chi connectivity index (χ4n) is 3.79. The fraction of sp³-hybridized carbons (Fsp3) is 0.667. The third kappa shape index (κ3) is 3.01. The third-order valence-electron chi connectivity index (χ3n) is 4.86. The van der Waals surface area contributed by atoms with E-state index in [0.717, 1.165) is 24.8 Å². The van der Waals surface area contributed by atoms with Crippen molar-refractivity contribution in [2.45, 2.75) is 57.9 Å². The van der Waals surface area contributed by atoms with Gasteiger partial charge in [-0.15, -0.1) is 0 Å². The lowest BCUT2D eigenvalue weighted by Gasteiger charge is -2.28. The highest BCUT2D eigenvalue weighted by molar-refractivity contribution is 5.43. The molecule has 1 atom stereocenters. The molecule has 20 heavy (non-hydrogen) atoms. The van der Waals surface area contributed by atoms with E-state index in [0.29, 0.717) is 6.04 Å². The topological polar surface area (TPSA) is 21.3 Å². The second-order valence-corrected chi connectivity index (χ2v) is 6.29. The molecular formula is C18H27NO. The van der Waals surface area contributed by atoms with Crippen LogP contribution in [0.5, 0.6) is 5.75 Å². The highest BCUT2D eigenvalue weighted by atomic mass is 16.5. The van der Waals surface area contributed by atoms with Gasteiger partial charge >= 0.3 is 0 Å². The minimum atomic E-state index is 0.527. The third-order valence-corrected chi connectivity index (χ3v) is 4.86. The van der Waals surface area contributed by atoms with Crippen molar-refractivity contribution in [1.29, 1.82) is 0 Å². The van der Waals surface area contributed by atoms with Gasteiger partial charge in [0, 0.05) is 6.04 Å². The molecule has 2 aliphatic carbocycles. The number of rotatable bonds is 5. The van der Waals surface area contributed by atoms with Gasteiger partial charge in [-0.2, -0.15) is 0 Å². The lowest BCUT2D eigenvalue weighted by molar-refractivity contribution is 0.248. The van der Waals surface area contributed by atoms with Gasteiger partial charge < -0.3 is 10.1 Å². The van der Waals surface area contributed by atoms with E-state index in [2.05, 4.69) is 30.4 Å². The Hall–Kier alpha value is -1.02. The number of hydrogen-bond donors (Lipinski definition) is 1. The van der Waals surface area contributed by atoms with E-state index in [1.165, 1.54) is 56.1 Å². The molecule has 1 N–H and O–H groups in total. The van der Waals surface area contributed by atoms with E-state index in [-0.39, 0.29) is 0 Å². The fourth-order valence-corrected chi connectivity index (χ4v) is 3.79. The molecule has 3 rings (SSSR count). The molecule has 0 aromatic heterocycles.